The van der Waals surface area contributed by atoms with Crippen LogP contribution in [0.4, 0.5) is 16.2 Å². The van der Waals surface area contributed by atoms with Gasteiger partial charge in [0, 0.05) is 16.6 Å². The second-order valence-electron chi connectivity index (χ2n) is 6.46. The summed E-state index contributed by atoms with van der Waals surface area (Å²) in [6.07, 6.45) is 2.35. The minimum absolute atomic E-state index is 0.212. The molecule has 0 bridgehead atoms. The van der Waals surface area contributed by atoms with Crippen molar-refractivity contribution in [2.75, 3.05) is 11.5 Å². The highest BCUT2D eigenvalue weighted by atomic mass is 19.1. The number of aromatic nitrogens is 4. The number of H-pyrrole nitrogens is 1. The van der Waals surface area contributed by atoms with E-state index in [0.29, 0.717) is 5.82 Å². The first-order chi connectivity index (χ1) is 13.1. The van der Waals surface area contributed by atoms with Crippen LogP contribution in [0.1, 0.15) is 17.7 Å². The van der Waals surface area contributed by atoms with Crippen LogP contribution < -0.4 is 11.5 Å². The normalized spacial score (nSPS) is 11.1. The molecule has 6 nitrogen and oxygen atoms in total. The highest BCUT2D eigenvalue weighted by Crippen LogP contribution is 2.25. The lowest BCUT2D eigenvalue weighted by molar-refractivity contribution is 0.624. The molecular weight excluding hydrogens is 343 g/mol. The summed E-state index contributed by atoms with van der Waals surface area (Å²) >= 11 is 0. The summed E-state index contributed by atoms with van der Waals surface area (Å²) in [4.78, 5) is 8.67. The molecular formula is C20H19FN6. The van der Waals surface area contributed by atoms with Gasteiger partial charge in [-0.25, -0.2) is 14.4 Å². The molecule has 5 N–H and O–H groups in total. The van der Waals surface area contributed by atoms with Crippen LogP contribution in [0.25, 0.3) is 22.2 Å². The summed E-state index contributed by atoms with van der Waals surface area (Å²) in [7, 11) is 0. The Hall–Kier alpha value is -3.48. The first kappa shape index (κ1) is 17.0. The molecule has 0 fully saturated rings. The fourth-order valence-electron chi connectivity index (χ4n) is 3.16. The predicted octanol–water partition coefficient (Wildman–Crippen LogP) is 3.50. The molecule has 4 rings (SSSR count). The smallest absolute Gasteiger partial charge is 0.220 e. The number of hydrogen-bond acceptors (Lipinski definition) is 5. The van der Waals surface area contributed by atoms with E-state index in [1.165, 1.54) is 6.07 Å². The van der Waals surface area contributed by atoms with Gasteiger partial charge in [-0.2, -0.15) is 5.10 Å². The van der Waals surface area contributed by atoms with Crippen molar-refractivity contribution in [3.8, 4) is 11.3 Å². The Labute approximate surface area is 155 Å². The largest absolute Gasteiger partial charge is 0.382 e. The fourth-order valence-corrected chi connectivity index (χ4v) is 3.16. The number of anilines is 2. The number of aryl methyl sites for hydroxylation is 2. The number of nitrogens with two attached hydrogens (primary N) is 2. The minimum Gasteiger partial charge on any atom is -0.382 e. The van der Waals surface area contributed by atoms with Crippen LogP contribution in [0.2, 0.25) is 0 Å². The maximum Gasteiger partial charge on any atom is 0.220 e. The topological polar surface area (TPSA) is 106 Å². The summed E-state index contributed by atoms with van der Waals surface area (Å²) in [5.74, 6) is 0.491. The first-order valence-corrected chi connectivity index (χ1v) is 8.70. The van der Waals surface area contributed by atoms with Gasteiger partial charge in [0.15, 0.2) is 5.82 Å². The minimum atomic E-state index is -0.212. The van der Waals surface area contributed by atoms with Gasteiger partial charge in [0.25, 0.3) is 0 Å². The van der Waals surface area contributed by atoms with E-state index < -0.39 is 0 Å². The molecule has 0 radical (unpaired) electrons. The maximum absolute atomic E-state index is 13.3. The zero-order valence-corrected chi connectivity index (χ0v) is 14.6. The molecule has 4 aromatic rings. The molecule has 0 unspecified atom stereocenters. The number of benzene rings is 2. The Balaban J connectivity index is 1.53. The number of nitrogens with zero attached hydrogens (tertiary/aromatic N) is 3. The van der Waals surface area contributed by atoms with Crippen LogP contribution in [0.3, 0.4) is 0 Å². The van der Waals surface area contributed by atoms with E-state index in [1.807, 2.05) is 30.3 Å². The lowest BCUT2D eigenvalue weighted by Gasteiger charge is -2.07. The van der Waals surface area contributed by atoms with Crippen molar-refractivity contribution in [1.82, 2.24) is 20.2 Å². The zero-order chi connectivity index (χ0) is 18.8. The molecule has 0 aliphatic heterocycles. The third kappa shape index (κ3) is 3.72. The Kier molecular flexibility index (Phi) is 4.42. The van der Waals surface area contributed by atoms with E-state index in [9.17, 15) is 4.39 Å². The van der Waals surface area contributed by atoms with Gasteiger partial charge in [-0.1, -0.05) is 18.2 Å². The number of rotatable bonds is 5. The van der Waals surface area contributed by atoms with Gasteiger partial charge in [-0.3, -0.25) is 5.10 Å². The summed E-state index contributed by atoms with van der Waals surface area (Å²) in [5, 5.41) is 7.79. The van der Waals surface area contributed by atoms with E-state index >= 15 is 0 Å². The third-order valence-corrected chi connectivity index (χ3v) is 4.47. The van der Waals surface area contributed by atoms with E-state index in [1.54, 1.807) is 12.1 Å². The van der Waals surface area contributed by atoms with E-state index in [0.717, 1.165) is 52.7 Å². The molecule has 7 heteroatoms. The Bertz CT molecular complexity index is 1100. The van der Waals surface area contributed by atoms with Crippen molar-refractivity contribution in [3.05, 3.63) is 65.6 Å². The van der Waals surface area contributed by atoms with Crippen LogP contribution in [0, 0.1) is 5.82 Å². The zero-order valence-electron chi connectivity index (χ0n) is 14.6. The summed E-state index contributed by atoms with van der Waals surface area (Å²) in [5.41, 5.74) is 16.0. The van der Waals surface area contributed by atoms with Crippen LogP contribution in [0.5, 0.6) is 0 Å². The Morgan fingerprint density at radius 3 is 2.70 bits per heavy atom. The second-order valence-corrected chi connectivity index (χ2v) is 6.46. The van der Waals surface area contributed by atoms with Gasteiger partial charge in [0.05, 0.1) is 11.2 Å². The third-order valence-electron chi connectivity index (χ3n) is 4.47. The number of nitrogen functional groups attached to an aromatic ring is 2. The van der Waals surface area contributed by atoms with Crippen LogP contribution >= 0.6 is 0 Å². The van der Waals surface area contributed by atoms with Crippen LogP contribution in [0.15, 0.2) is 48.5 Å². The van der Waals surface area contributed by atoms with E-state index in [2.05, 4.69) is 20.2 Å². The SMILES string of the molecule is Nc1nc(CCCc2cccc(F)c2)cc(-c2ccc3c(N)n[nH]c3c2)n1. The van der Waals surface area contributed by atoms with Gasteiger partial charge in [-0.05, 0) is 55.2 Å². The number of fused-ring (bicyclic) bond motifs is 1. The van der Waals surface area contributed by atoms with Crippen molar-refractivity contribution >= 4 is 22.7 Å². The molecule has 2 heterocycles. The summed E-state index contributed by atoms with van der Waals surface area (Å²) in [6, 6.07) is 14.4. The quantitative estimate of drug-likeness (QED) is 0.504. The van der Waals surface area contributed by atoms with Crippen molar-refractivity contribution in [3.63, 3.8) is 0 Å². The lowest BCUT2D eigenvalue weighted by Crippen LogP contribution is -2.02. The Morgan fingerprint density at radius 1 is 0.963 bits per heavy atom. The monoisotopic (exact) mass is 362 g/mol. The molecule has 0 saturated heterocycles. The van der Waals surface area contributed by atoms with Crippen molar-refractivity contribution in [2.45, 2.75) is 19.3 Å². The van der Waals surface area contributed by atoms with Crippen molar-refractivity contribution in [2.24, 2.45) is 0 Å². The molecule has 27 heavy (non-hydrogen) atoms. The lowest BCUT2D eigenvalue weighted by atomic mass is 10.0. The average Bonchev–Trinajstić information content (AvgIpc) is 3.02. The highest BCUT2D eigenvalue weighted by Gasteiger charge is 2.09. The molecule has 0 amide bonds. The van der Waals surface area contributed by atoms with Gasteiger partial charge in [0.1, 0.15) is 5.82 Å². The molecule has 2 aromatic heterocycles. The first-order valence-electron chi connectivity index (χ1n) is 8.70. The van der Waals surface area contributed by atoms with Crippen molar-refractivity contribution in [1.29, 1.82) is 0 Å². The standard InChI is InChI=1S/C20H19FN6/c21-14-5-1-3-12(9-14)4-2-6-15-11-17(25-20(23)24-15)13-7-8-16-18(10-13)26-27-19(16)22/h1,3,5,7-11H,2,4,6H2,(H3,22,26,27)(H2,23,24,25). The van der Waals surface area contributed by atoms with Gasteiger partial charge in [-0.15, -0.1) is 0 Å². The molecule has 0 aliphatic carbocycles. The fraction of sp³-hybridized carbons (Fsp3) is 0.150. The number of halogens is 1. The van der Waals surface area contributed by atoms with Gasteiger partial charge in [0.2, 0.25) is 5.95 Å². The Morgan fingerprint density at radius 2 is 1.85 bits per heavy atom. The van der Waals surface area contributed by atoms with Crippen LogP contribution in [-0.2, 0) is 12.8 Å². The van der Waals surface area contributed by atoms with Gasteiger partial charge < -0.3 is 11.5 Å². The summed E-state index contributed by atoms with van der Waals surface area (Å²) in [6.45, 7) is 0. The van der Waals surface area contributed by atoms with Crippen LogP contribution in [-0.4, -0.2) is 20.2 Å². The predicted molar refractivity (Wildman–Crippen MR) is 104 cm³/mol. The molecule has 2 aromatic carbocycles. The van der Waals surface area contributed by atoms with Crippen molar-refractivity contribution < 1.29 is 4.39 Å². The number of nitrogens with one attached hydrogen (secondary N) is 1. The molecule has 0 spiro atoms. The second kappa shape index (κ2) is 7.03. The average molecular weight is 362 g/mol. The van der Waals surface area contributed by atoms with E-state index in [-0.39, 0.29) is 11.8 Å². The molecule has 0 atom stereocenters. The maximum atomic E-state index is 13.3. The molecule has 0 saturated carbocycles. The van der Waals surface area contributed by atoms with Gasteiger partial charge >= 0.3 is 0 Å². The number of aromatic amines is 1. The highest BCUT2D eigenvalue weighted by molar-refractivity contribution is 5.91. The molecule has 0 aliphatic rings. The number of hydrogen-bond donors (Lipinski definition) is 3. The molecule has 136 valence electrons. The van der Waals surface area contributed by atoms with E-state index in [4.69, 9.17) is 11.5 Å². The summed E-state index contributed by atoms with van der Waals surface area (Å²) < 4.78 is 13.3.